The summed E-state index contributed by atoms with van der Waals surface area (Å²) < 4.78 is 5.66. The summed E-state index contributed by atoms with van der Waals surface area (Å²) in [5.41, 5.74) is 1.91. The number of carboxylic acid groups (broad SMARTS) is 1. The summed E-state index contributed by atoms with van der Waals surface area (Å²) in [5.74, 6) is -0.0563. The van der Waals surface area contributed by atoms with Crippen LogP contribution >= 0.6 is 11.6 Å². The van der Waals surface area contributed by atoms with Gasteiger partial charge in [0.05, 0.1) is 6.42 Å². The first kappa shape index (κ1) is 15.2. The zero-order valence-electron chi connectivity index (χ0n) is 11.4. The molecule has 0 amide bonds. The first-order valence-electron chi connectivity index (χ1n) is 6.56. The second-order valence-corrected chi connectivity index (χ2v) is 4.95. The summed E-state index contributed by atoms with van der Waals surface area (Å²) >= 11 is 5.82. The molecule has 2 rings (SSSR count). The van der Waals surface area contributed by atoms with E-state index in [2.05, 4.69) is 5.32 Å². The summed E-state index contributed by atoms with van der Waals surface area (Å²) in [6.45, 7) is 0.878. The number of hydrogen-bond acceptors (Lipinski definition) is 3. The molecule has 0 fully saturated rings. The van der Waals surface area contributed by atoms with Gasteiger partial charge in [-0.1, -0.05) is 23.7 Å². The Morgan fingerprint density at radius 1 is 1.10 bits per heavy atom. The van der Waals surface area contributed by atoms with Crippen LogP contribution in [0.2, 0.25) is 5.02 Å². The molecule has 0 aliphatic heterocycles. The number of benzene rings is 2. The van der Waals surface area contributed by atoms with Gasteiger partial charge in [-0.25, -0.2) is 0 Å². The standard InChI is InChI=1S/C16H16ClNO3/c17-13-3-1-12(2-4-13)11-21-15-7-5-14(6-8-15)18-10-9-16(19)20/h1-8,18H,9-11H2,(H,19,20). The lowest BCUT2D eigenvalue weighted by Gasteiger charge is -2.08. The lowest BCUT2D eigenvalue weighted by Crippen LogP contribution is -2.07. The molecular formula is C16H16ClNO3. The highest BCUT2D eigenvalue weighted by Crippen LogP contribution is 2.17. The molecule has 0 aliphatic carbocycles. The van der Waals surface area contributed by atoms with Gasteiger partial charge in [0.1, 0.15) is 12.4 Å². The van der Waals surface area contributed by atoms with Gasteiger partial charge in [-0.2, -0.15) is 0 Å². The molecule has 4 nitrogen and oxygen atoms in total. The second kappa shape index (κ2) is 7.55. The monoisotopic (exact) mass is 305 g/mol. The van der Waals surface area contributed by atoms with Crippen LogP contribution < -0.4 is 10.1 Å². The van der Waals surface area contributed by atoms with Crippen molar-refractivity contribution in [1.82, 2.24) is 0 Å². The topological polar surface area (TPSA) is 58.6 Å². The molecule has 0 saturated carbocycles. The summed E-state index contributed by atoms with van der Waals surface area (Å²) in [6, 6.07) is 14.9. The molecule has 2 N–H and O–H groups in total. The highest BCUT2D eigenvalue weighted by molar-refractivity contribution is 6.30. The van der Waals surface area contributed by atoms with Gasteiger partial charge in [0.2, 0.25) is 0 Å². The van der Waals surface area contributed by atoms with E-state index < -0.39 is 5.97 Å². The number of hydrogen-bond donors (Lipinski definition) is 2. The number of carboxylic acids is 1. The minimum absolute atomic E-state index is 0.0921. The maximum atomic E-state index is 10.4. The van der Waals surface area contributed by atoms with E-state index in [-0.39, 0.29) is 6.42 Å². The summed E-state index contributed by atoms with van der Waals surface area (Å²) in [4.78, 5) is 10.4. The van der Waals surface area contributed by atoms with Crippen LogP contribution in [-0.4, -0.2) is 17.6 Å². The largest absolute Gasteiger partial charge is 0.489 e. The van der Waals surface area contributed by atoms with Crippen molar-refractivity contribution in [3.05, 3.63) is 59.1 Å². The maximum absolute atomic E-state index is 10.4. The number of anilines is 1. The third-order valence-electron chi connectivity index (χ3n) is 2.84. The number of aliphatic carboxylic acids is 1. The van der Waals surface area contributed by atoms with E-state index in [1.807, 2.05) is 48.5 Å². The lowest BCUT2D eigenvalue weighted by atomic mass is 10.2. The van der Waals surface area contributed by atoms with Gasteiger partial charge in [0.15, 0.2) is 0 Å². The third-order valence-corrected chi connectivity index (χ3v) is 3.09. The summed E-state index contributed by atoms with van der Waals surface area (Å²) in [5, 5.41) is 12.3. The molecule has 0 bridgehead atoms. The SMILES string of the molecule is O=C(O)CCNc1ccc(OCc2ccc(Cl)cc2)cc1. The van der Waals surface area contributed by atoms with E-state index in [0.717, 1.165) is 17.0 Å². The molecule has 21 heavy (non-hydrogen) atoms. The molecule has 0 heterocycles. The zero-order chi connectivity index (χ0) is 15.1. The first-order valence-corrected chi connectivity index (χ1v) is 6.94. The van der Waals surface area contributed by atoms with E-state index >= 15 is 0 Å². The van der Waals surface area contributed by atoms with Gasteiger partial charge in [0, 0.05) is 17.3 Å². The molecular weight excluding hydrogens is 290 g/mol. The van der Waals surface area contributed by atoms with Crippen molar-refractivity contribution in [2.45, 2.75) is 13.0 Å². The quantitative estimate of drug-likeness (QED) is 0.817. The van der Waals surface area contributed by atoms with Crippen molar-refractivity contribution in [2.24, 2.45) is 0 Å². The van der Waals surface area contributed by atoms with Crippen molar-refractivity contribution in [2.75, 3.05) is 11.9 Å². The molecule has 2 aromatic carbocycles. The van der Waals surface area contributed by atoms with E-state index in [0.29, 0.717) is 18.2 Å². The molecule has 110 valence electrons. The minimum atomic E-state index is -0.814. The molecule has 0 unspecified atom stereocenters. The van der Waals surface area contributed by atoms with Crippen molar-refractivity contribution < 1.29 is 14.6 Å². The number of ether oxygens (including phenoxy) is 1. The van der Waals surface area contributed by atoms with Crippen LogP contribution in [-0.2, 0) is 11.4 Å². The van der Waals surface area contributed by atoms with Crippen molar-refractivity contribution >= 4 is 23.3 Å². The Hall–Kier alpha value is -2.20. The zero-order valence-corrected chi connectivity index (χ0v) is 12.1. The number of halogens is 1. The van der Waals surface area contributed by atoms with Crippen LogP contribution in [0.1, 0.15) is 12.0 Å². The fraction of sp³-hybridized carbons (Fsp3) is 0.188. The molecule has 0 aromatic heterocycles. The predicted octanol–water partition coefficient (Wildman–Crippen LogP) is 3.81. The Morgan fingerprint density at radius 2 is 1.76 bits per heavy atom. The Balaban J connectivity index is 1.81. The fourth-order valence-corrected chi connectivity index (χ4v) is 1.86. The van der Waals surface area contributed by atoms with Crippen LogP contribution in [0.4, 0.5) is 5.69 Å². The van der Waals surface area contributed by atoms with Crippen LogP contribution in [0.25, 0.3) is 0 Å². The fourth-order valence-electron chi connectivity index (χ4n) is 1.73. The molecule has 0 saturated heterocycles. The molecule has 5 heteroatoms. The molecule has 0 spiro atoms. The molecule has 2 aromatic rings. The maximum Gasteiger partial charge on any atom is 0.305 e. The smallest absolute Gasteiger partial charge is 0.305 e. The Labute approximate surface area is 128 Å². The first-order chi connectivity index (χ1) is 10.1. The molecule has 0 aliphatic rings. The van der Waals surface area contributed by atoms with Gasteiger partial charge < -0.3 is 15.2 Å². The number of nitrogens with one attached hydrogen (secondary N) is 1. The van der Waals surface area contributed by atoms with Gasteiger partial charge in [-0.15, -0.1) is 0 Å². The Kier molecular flexibility index (Phi) is 5.46. The van der Waals surface area contributed by atoms with E-state index in [1.165, 1.54) is 0 Å². The summed E-state index contributed by atoms with van der Waals surface area (Å²) in [7, 11) is 0. The summed E-state index contributed by atoms with van der Waals surface area (Å²) in [6.07, 6.45) is 0.0921. The van der Waals surface area contributed by atoms with E-state index in [4.69, 9.17) is 21.4 Å². The average molecular weight is 306 g/mol. The van der Waals surface area contributed by atoms with Gasteiger partial charge >= 0.3 is 5.97 Å². The van der Waals surface area contributed by atoms with Crippen molar-refractivity contribution in [1.29, 1.82) is 0 Å². The average Bonchev–Trinajstić information content (AvgIpc) is 2.48. The Bertz CT molecular complexity index is 581. The van der Waals surface area contributed by atoms with Crippen LogP contribution in [0.3, 0.4) is 0 Å². The van der Waals surface area contributed by atoms with E-state index in [1.54, 1.807) is 0 Å². The number of rotatable bonds is 7. The van der Waals surface area contributed by atoms with Gasteiger partial charge in [-0.3, -0.25) is 4.79 Å². The van der Waals surface area contributed by atoms with Crippen molar-refractivity contribution in [3.63, 3.8) is 0 Å². The second-order valence-electron chi connectivity index (χ2n) is 4.51. The lowest BCUT2D eigenvalue weighted by molar-refractivity contribution is -0.136. The Morgan fingerprint density at radius 3 is 2.38 bits per heavy atom. The molecule has 0 atom stereocenters. The van der Waals surface area contributed by atoms with Crippen molar-refractivity contribution in [3.8, 4) is 5.75 Å². The van der Waals surface area contributed by atoms with E-state index in [9.17, 15) is 4.79 Å². The highest BCUT2D eigenvalue weighted by atomic mass is 35.5. The van der Waals surface area contributed by atoms with Gasteiger partial charge in [-0.05, 0) is 42.0 Å². The number of carbonyl (C=O) groups is 1. The minimum Gasteiger partial charge on any atom is -0.489 e. The van der Waals surface area contributed by atoms with Crippen LogP contribution in [0.15, 0.2) is 48.5 Å². The highest BCUT2D eigenvalue weighted by Gasteiger charge is 1.99. The van der Waals surface area contributed by atoms with Gasteiger partial charge in [0.25, 0.3) is 0 Å². The van der Waals surface area contributed by atoms with Crippen LogP contribution in [0, 0.1) is 0 Å². The third kappa shape index (κ3) is 5.36. The normalized spacial score (nSPS) is 10.1. The molecule has 0 radical (unpaired) electrons. The van der Waals surface area contributed by atoms with Crippen LogP contribution in [0.5, 0.6) is 5.75 Å². The predicted molar refractivity (Wildman–Crippen MR) is 83.0 cm³/mol.